The van der Waals surface area contributed by atoms with E-state index in [1.807, 2.05) is 45.0 Å². The van der Waals surface area contributed by atoms with Crippen LogP contribution in [-0.2, 0) is 14.3 Å². The van der Waals surface area contributed by atoms with Gasteiger partial charge in [-0.25, -0.2) is 4.79 Å². The van der Waals surface area contributed by atoms with Crippen molar-refractivity contribution < 1.29 is 23.8 Å². The molecule has 0 N–H and O–H groups in total. The van der Waals surface area contributed by atoms with Crippen LogP contribution in [0.5, 0.6) is 5.75 Å². The van der Waals surface area contributed by atoms with E-state index in [-0.39, 0.29) is 18.0 Å². The van der Waals surface area contributed by atoms with Gasteiger partial charge in [-0.1, -0.05) is 12.1 Å². The van der Waals surface area contributed by atoms with Crippen molar-refractivity contribution >= 4 is 12.1 Å². The predicted octanol–water partition coefficient (Wildman–Crippen LogP) is 3.60. The molecule has 1 aromatic rings. The SMILES string of the molecule is CCOC(=O)[C@@H]1CN(C(=O)OC(C)(C)C)CCC1c1ccc(OC)cc1. The Morgan fingerprint density at radius 1 is 1.19 bits per heavy atom. The molecule has 0 aromatic heterocycles. The molecule has 0 aliphatic carbocycles. The highest BCUT2D eigenvalue weighted by Gasteiger charge is 2.39. The minimum Gasteiger partial charge on any atom is -0.497 e. The fraction of sp³-hybridized carbons (Fsp3) is 0.600. The first-order chi connectivity index (χ1) is 12.2. The topological polar surface area (TPSA) is 65.1 Å². The van der Waals surface area contributed by atoms with Crippen LogP contribution in [0.15, 0.2) is 24.3 Å². The van der Waals surface area contributed by atoms with Crippen LogP contribution in [0.4, 0.5) is 4.79 Å². The van der Waals surface area contributed by atoms with E-state index in [2.05, 4.69) is 0 Å². The average Bonchev–Trinajstić information content (AvgIpc) is 2.60. The number of hydrogen-bond donors (Lipinski definition) is 0. The molecule has 1 heterocycles. The number of piperidine rings is 1. The Kier molecular flexibility index (Phi) is 6.51. The van der Waals surface area contributed by atoms with Gasteiger partial charge in [0.15, 0.2) is 0 Å². The molecule has 2 rings (SSSR count). The third-order valence-corrected chi connectivity index (χ3v) is 4.40. The van der Waals surface area contributed by atoms with Gasteiger partial charge < -0.3 is 19.1 Å². The third kappa shape index (κ3) is 5.13. The molecule has 2 atom stereocenters. The lowest BCUT2D eigenvalue weighted by Crippen LogP contribution is -2.47. The lowest BCUT2D eigenvalue weighted by molar-refractivity contribution is -0.150. The molecular weight excluding hydrogens is 334 g/mol. The van der Waals surface area contributed by atoms with E-state index in [4.69, 9.17) is 14.2 Å². The van der Waals surface area contributed by atoms with Crippen LogP contribution in [0.2, 0.25) is 0 Å². The maximum Gasteiger partial charge on any atom is 0.410 e. The summed E-state index contributed by atoms with van der Waals surface area (Å²) in [7, 11) is 1.62. The molecule has 1 aromatic carbocycles. The van der Waals surface area contributed by atoms with Crippen molar-refractivity contribution in [1.29, 1.82) is 0 Å². The summed E-state index contributed by atoms with van der Waals surface area (Å²) >= 11 is 0. The van der Waals surface area contributed by atoms with E-state index in [0.29, 0.717) is 26.1 Å². The highest BCUT2D eigenvalue weighted by molar-refractivity contribution is 5.76. The number of esters is 1. The van der Waals surface area contributed by atoms with Gasteiger partial charge >= 0.3 is 12.1 Å². The summed E-state index contributed by atoms with van der Waals surface area (Å²) in [6, 6.07) is 7.72. The fourth-order valence-electron chi connectivity index (χ4n) is 3.18. The van der Waals surface area contributed by atoms with Gasteiger partial charge in [0.1, 0.15) is 11.4 Å². The van der Waals surface area contributed by atoms with E-state index < -0.39 is 11.5 Å². The lowest BCUT2D eigenvalue weighted by atomic mass is 9.80. The molecule has 26 heavy (non-hydrogen) atoms. The number of methoxy groups -OCH3 is 1. The molecule has 0 bridgehead atoms. The van der Waals surface area contributed by atoms with Crippen molar-refractivity contribution in [3.05, 3.63) is 29.8 Å². The minimum atomic E-state index is -0.566. The Bertz CT molecular complexity index is 620. The van der Waals surface area contributed by atoms with Crippen LogP contribution in [0.3, 0.4) is 0 Å². The zero-order chi connectivity index (χ0) is 19.3. The first-order valence-corrected chi connectivity index (χ1v) is 9.03. The summed E-state index contributed by atoms with van der Waals surface area (Å²) in [4.78, 5) is 26.5. The van der Waals surface area contributed by atoms with E-state index >= 15 is 0 Å². The Balaban J connectivity index is 2.18. The first kappa shape index (κ1) is 20.1. The van der Waals surface area contributed by atoms with Crippen LogP contribution in [0.25, 0.3) is 0 Å². The van der Waals surface area contributed by atoms with E-state index in [1.165, 1.54) is 0 Å². The molecule has 1 saturated heterocycles. The average molecular weight is 363 g/mol. The number of carbonyl (C=O) groups is 2. The number of nitrogens with zero attached hydrogens (tertiary/aromatic N) is 1. The quantitative estimate of drug-likeness (QED) is 0.765. The van der Waals surface area contributed by atoms with Gasteiger partial charge in [0, 0.05) is 19.0 Å². The minimum absolute atomic E-state index is 0.00126. The number of amides is 1. The van der Waals surface area contributed by atoms with Gasteiger partial charge in [-0.3, -0.25) is 4.79 Å². The second kappa shape index (κ2) is 8.43. The van der Waals surface area contributed by atoms with Gasteiger partial charge in [-0.2, -0.15) is 0 Å². The largest absolute Gasteiger partial charge is 0.497 e. The number of benzene rings is 1. The summed E-state index contributed by atoms with van der Waals surface area (Å²) in [5, 5.41) is 0. The molecule has 1 aliphatic rings. The summed E-state index contributed by atoms with van der Waals surface area (Å²) in [6.07, 6.45) is 0.287. The number of hydrogen-bond acceptors (Lipinski definition) is 5. The molecule has 1 fully saturated rings. The monoisotopic (exact) mass is 363 g/mol. The summed E-state index contributed by atoms with van der Waals surface area (Å²) < 4.78 is 15.9. The number of ether oxygens (including phenoxy) is 3. The normalized spacial score (nSPS) is 20.4. The van der Waals surface area contributed by atoms with E-state index in [9.17, 15) is 9.59 Å². The molecular formula is C20H29NO5. The number of carbonyl (C=O) groups excluding carboxylic acids is 2. The molecule has 1 unspecified atom stereocenters. The molecule has 1 amide bonds. The Labute approximate surface area is 155 Å². The van der Waals surface area contributed by atoms with E-state index in [1.54, 1.807) is 18.9 Å². The Morgan fingerprint density at radius 3 is 2.38 bits per heavy atom. The van der Waals surface area contributed by atoms with Crippen molar-refractivity contribution in [3.63, 3.8) is 0 Å². The smallest absolute Gasteiger partial charge is 0.410 e. The maximum absolute atomic E-state index is 12.5. The second-order valence-electron chi connectivity index (χ2n) is 7.45. The number of likely N-dealkylation sites (tertiary alicyclic amines) is 1. The van der Waals surface area contributed by atoms with Crippen molar-refractivity contribution in [2.24, 2.45) is 5.92 Å². The lowest BCUT2D eigenvalue weighted by Gasteiger charge is -2.38. The third-order valence-electron chi connectivity index (χ3n) is 4.40. The molecule has 0 saturated carbocycles. The van der Waals surface area contributed by atoms with Crippen LogP contribution >= 0.6 is 0 Å². The second-order valence-corrected chi connectivity index (χ2v) is 7.45. The zero-order valence-electron chi connectivity index (χ0n) is 16.3. The summed E-state index contributed by atoms with van der Waals surface area (Å²) in [5.41, 5.74) is 0.483. The van der Waals surface area contributed by atoms with Gasteiger partial charge in [0.2, 0.25) is 0 Å². The standard InChI is InChI=1S/C20H29NO5/c1-6-25-18(22)17-13-21(19(23)26-20(2,3)4)12-11-16(17)14-7-9-15(24-5)10-8-14/h7-10,16-17H,6,11-13H2,1-5H3/t16?,17-/m1/s1. The Hall–Kier alpha value is -2.24. The highest BCUT2D eigenvalue weighted by Crippen LogP contribution is 2.35. The molecule has 144 valence electrons. The van der Waals surface area contributed by atoms with Crippen LogP contribution in [0.1, 0.15) is 45.6 Å². The predicted molar refractivity (Wildman–Crippen MR) is 98.3 cm³/mol. The van der Waals surface area contributed by atoms with Crippen LogP contribution in [-0.4, -0.2) is 49.4 Å². The molecule has 6 heteroatoms. The summed E-state index contributed by atoms with van der Waals surface area (Å²) in [6.45, 7) is 8.44. The fourth-order valence-corrected chi connectivity index (χ4v) is 3.18. The van der Waals surface area contributed by atoms with Crippen molar-refractivity contribution in [1.82, 2.24) is 4.90 Å². The summed E-state index contributed by atoms with van der Waals surface area (Å²) in [5.74, 6) is 0.0810. The van der Waals surface area contributed by atoms with Crippen LogP contribution < -0.4 is 4.74 Å². The van der Waals surface area contributed by atoms with Gasteiger partial charge in [-0.05, 0) is 51.8 Å². The van der Waals surface area contributed by atoms with E-state index in [0.717, 1.165) is 11.3 Å². The van der Waals surface area contributed by atoms with Gasteiger partial charge in [-0.15, -0.1) is 0 Å². The molecule has 1 aliphatic heterocycles. The van der Waals surface area contributed by atoms with Crippen molar-refractivity contribution in [2.75, 3.05) is 26.8 Å². The first-order valence-electron chi connectivity index (χ1n) is 9.03. The van der Waals surface area contributed by atoms with Crippen LogP contribution in [0, 0.1) is 5.92 Å². The number of rotatable bonds is 4. The van der Waals surface area contributed by atoms with Gasteiger partial charge in [0.25, 0.3) is 0 Å². The molecule has 0 radical (unpaired) electrons. The van der Waals surface area contributed by atoms with Gasteiger partial charge in [0.05, 0.1) is 19.6 Å². The maximum atomic E-state index is 12.5. The zero-order valence-corrected chi connectivity index (χ0v) is 16.3. The Morgan fingerprint density at radius 2 is 1.85 bits per heavy atom. The molecule has 6 nitrogen and oxygen atoms in total. The van der Waals surface area contributed by atoms with Crippen molar-refractivity contribution in [2.45, 2.75) is 45.6 Å². The molecule has 0 spiro atoms. The highest BCUT2D eigenvalue weighted by atomic mass is 16.6. The van der Waals surface area contributed by atoms with Crippen molar-refractivity contribution in [3.8, 4) is 5.75 Å².